The van der Waals surface area contributed by atoms with Crippen LogP contribution < -0.4 is 4.74 Å². The van der Waals surface area contributed by atoms with E-state index in [-0.39, 0.29) is 0 Å². The number of imidazole rings is 1. The Bertz CT molecular complexity index is 1030. The van der Waals surface area contributed by atoms with Crippen molar-refractivity contribution in [2.45, 2.75) is 13.5 Å². The Kier molecular flexibility index (Phi) is 3.98. The third kappa shape index (κ3) is 3.01. The molecule has 2 heterocycles. The normalized spacial score (nSPS) is 11.2. The molecule has 2 aromatic carbocycles. The molecule has 0 aliphatic heterocycles. The second kappa shape index (κ2) is 6.30. The number of aromatic nitrogens is 2. The molecule has 0 spiro atoms. The predicted octanol–water partition coefficient (Wildman–Crippen LogP) is 5.32. The lowest BCUT2D eigenvalue weighted by atomic mass is 10.2. The molecule has 0 saturated carbocycles. The third-order valence-electron chi connectivity index (χ3n) is 4.17. The Morgan fingerprint density at radius 1 is 1.08 bits per heavy atom. The first kappa shape index (κ1) is 15.8. The fraction of sp³-hybridized carbons (Fsp3) is 0.150. The number of hydrogen-bond acceptors (Lipinski definition) is 3. The number of methoxy groups -OCH3 is 1. The van der Waals surface area contributed by atoms with Crippen molar-refractivity contribution in [1.29, 1.82) is 0 Å². The van der Waals surface area contributed by atoms with Gasteiger partial charge in [-0.1, -0.05) is 23.7 Å². The van der Waals surface area contributed by atoms with Crippen molar-refractivity contribution >= 4 is 22.6 Å². The number of rotatable bonds is 4. The van der Waals surface area contributed by atoms with Gasteiger partial charge in [-0.25, -0.2) is 4.98 Å². The highest BCUT2D eigenvalue weighted by molar-refractivity contribution is 6.31. The number of halogens is 1. The van der Waals surface area contributed by atoms with Crippen LogP contribution in [0.15, 0.2) is 59.0 Å². The average molecular weight is 353 g/mol. The van der Waals surface area contributed by atoms with Crippen LogP contribution in [0.5, 0.6) is 5.75 Å². The highest BCUT2D eigenvalue weighted by atomic mass is 35.5. The minimum Gasteiger partial charge on any atom is -0.497 e. The molecule has 5 heteroatoms. The molecule has 0 saturated heterocycles. The Hall–Kier alpha value is -2.72. The summed E-state index contributed by atoms with van der Waals surface area (Å²) in [5, 5.41) is 0.670. The Labute approximate surface area is 150 Å². The Morgan fingerprint density at radius 2 is 1.88 bits per heavy atom. The second-order valence-electron chi connectivity index (χ2n) is 5.91. The first-order valence-electron chi connectivity index (χ1n) is 7.99. The molecule has 4 rings (SSSR count). The molecule has 25 heavy (non-hydrogen) atoms. The molecule has 0 bridgehead atoms. The van der Waals surface area contributed by atoms with Gasteiger partial charge in [0.2, 0.25) is 0 Å². The van der Waals surface area contributed by atoms with E-state index in [9.17, 15) is 0 Å². The lowest BCUT2D eigenvalue weighted by molar-refractivity contribution is 0.414. The van der Waals surface area contributed by atoms with Gasteiger partial charge in [-0.2, -0.15) is 0 Å². The van der Waals surface area contributed by atoms with Gasteiger partial charge in [0, 0.05) is 11.6 Å². The van der Waals surface area contributed by atoms with Crippen molar-refractivity contribution in [2.75, 3.05) is 7.11 Å². The number of hydrogen-bond donors (Lipinski definition) is 0. The summed E-state index contributed by atoms with van der Waals surface area (Å²) in [7, 11) is 1.67. The maximum Gasteiger partial charge on any atom is 0.177 e. The van der Waals surface area contributed by atoms with Crippen LogP contribution in [0.3, 0.4) is 0 Å². The molecule has 0 aliphatic carbocycles. The second-order valence-corrected chi connectivity index (χ2v) is 6.35. The van der Waals surface area contributed by atoms with Crippen LogP contribution in [0, 0.1) is 6.92 Å². The van der Waals surface area contributed by atoms with Crippen LogP contribution in [0.4, 0.5) is 0 Å². The van der Waals surface area contributed by atoms with Crippen LogP contribution in [-0.4, -0.2) is 16.7 Å². The molecule has 0 fully saturated rings. The van der Waals surface area contributed by atoms with Crippen LogP contribution in [0.2, 0.25) is 5.02 Å². The van der Waals surface area contributed by atoms with E-state index in [2.05, 4.69) is 16.7 Å². The number of furan rings is 1. The first-order chi connectivity index (χ1) is 12.1. The van der Waals surface area contributed by atoms with Gasteiger partial charge in [0.05, 0.1) is 18.1 Å². The Balaban J connectivity index is 1.84. The van der Waals surface area contributed by atoms with Gasteiger partial charge in [0.25, 0.3) is 0 Å². The van der Waals surface area contributed by atoms with E-state index in [4.69, 9.17) is 25.7 Å². The van der Waals surface area contributed by atoms with Crippen molar-refractivity contribution < 1.29 is 9.15 Å². The van der Waals surface area contributed by atoms with Crippen molar-refractivity contribution in [3.05, 3.63) is 70.9 Å². The smallest absolute Gasteiger partial charge is 0.177 e. The number of aryl methyl sites for hydroxylation is 1. The number of benzene rings is 2. The van der Waals surface area contributed by atoms with Crippen LogP contribution in [0.1, 0.15) is 11.3 Å². The predicted molar refractivity (Wildman–Crippen MR) is 99.3 cm³/mol. The standard InChI is InChI=1S/C20H17ClN2O2/c1-13-3-10-19(25-13)20-22-17-11-15(21)6-9-18(17)23(20)12-14-4-7-16(24-2)8-5-14/h3-11H,12H2,1-2H3. The summed E-state index contributed by atoms with van der Waals surface area (Å²) in [6, 6.07) is 17.7. The van der Waals surface area contributed by atoms with E-state index < -0.39 is 0 Å². The third-order valence-corrected chi connectivity index (χ3v) is 4.41. The van der Waals surface area contributed by atoms with E-state index in [0.29, 0.717) is 11.6 Å². The fourth-order valence-corrected chi connectivity index (χ4v) is 3.09. The van der Waals surface area contributed by atoms with Crippen LogP contribution in [-0.2, 0) is 6.54 Å². The van der Waals surface area contributed by atoms with Crippen molar-refractivity contribution in [3.63, 3.8) is 0 Å². The summed E-state index contributed by atoms with van der Waals surface area (Å²) in [5.41, 5.74) is 3.02. The van der Waals surface area contributed by atoms with E-state index >= 15 is 0 Å². The molecule has 0 unspecified atom stereocenters. The zero-order valence-corrected chi connectivity index (χ0v) is 14.7. The number of ether oxygens (including phenoxy) is 1. The van der Waals surface area contributed by atoms with Crippen LogP contribution >= 0.6 is 11.6 Å². The minimum absolute atomic E-state index is 0.670. The SMILES string of the molecule is COc1ccc(Cn2c(-c3ccc(C)o3)nc3cc(Cl)ccc32)cc1. The van der Waals surface area contributed by atoms with Crippen molar-refractivity contribution in [2.24, 2.45) is 0 Å². The van der Waals surface area contributed by atoms with Gasteiger partial charge in [-0.15, -0.1) is 0 Å². The molecule has 0 atom stereocenters. The van der Waals surface area contributed by atoms with E-state index in [1.54, 1.807) is 7.11 Å². The molecule has 0 amide bonds. The summed E-state index contributed by atoms with van der Waals surface area (Å²) in [4.78, 5) is 4.75. The average Bonchev–Trinajstić information content (AvgIpc) is 3.19. The molecule has 4 nitrogen and oxygen atoms in total. The van der Waals surface area contributed by atoms with Gasteiger partial charge >= 0.3 is 0 Å². The quantitative estimate of drug-likeness (QED) is 0.499. The minimum atomic E-state index is 0.670. The van der Waals surface area contributed by atoms with Crippen LogP contribution in [0.25, 0.3) is 22.6 Å². The Morgan fingerprint density at radius 3 is 2.56 bits per heavy atom. The summed E-state index contributed by atoms with van der Waals surface area (Å²) >= 11 is 6.14. The highest BCUT2D eigenvalue weighted by Crippen LogP contribution is 2.29. The lowest BCUT2D eigenvalue weighted by Gasteiger charge is -2.09. The maximum atomic E-state index is 6.14. The zero-order valence-electron chi connectivity index (χ0n) is 14.0. The van der Waals surface area contributed by atoms with Gasteiger partial charge in [-0.3, -0.25) is 0 Å². The topological polar surface area (TPSA) is 40.2 Å². The lowest BCUT2D eigenvalue weighted by Crippen LogP contribution is -2.02. The molecular weight excluding hydrogens is 336 g/mol. The first-order valence-corrected chi connectivity index (χ1v) is 8.37. The van der Waals surface area contributed by atoms with Gasteiger partial charge in [0.1, 0.15) is 11.5 Å². The molecule has 0 N–H and O–H groups in total. The molecule has 0 radical (unpaired) electrons. The van der Waals surface area contributed by atoms with E-state index in [1.165, 1.54) is 0 Å². The molecular formula is C20H17ClN2O2. The van der Waals surface area contributed by atoms with Gasteiger partial charge in [-0.05, 0) is 55.0 Å². The highest BCUT2D eigenvalue weighted by Gasteiger charge is 2.16. The maximum absolute atomic E-state index is 6.14. The molecule has 4 aromatic rings. The van der Waals surface area contributed by atoms with E-state index in [0.717, 1.165) is 39.7 Å². The van der Waals surface area contributed by atoms with Gasteiger partial charge < -0.3 is 13.7 Å². The van der Waals surface area contributed by atoms with Crippen molar-refractivity contribution in [1.82, 2.24) is 9.55 Å². The molecule has 2 aromatic heterocycles. The molecule has 0 aliphatic rings. The summed E-state index contributed by atoms with van der Waals surface area (Å²) in [6.07, 6.45) is 0. The van der Waals surface area contributed by atoms with E-state index in [1.807, 2.05) is 49.4 Å². The molecule has 126 valence electrons. The zero-order chi connectivity index (χ0) is 17.4. The monoisotopic (exact) mass is 352 g/mol. The summed E-state index contributed by atoms with van der Waals surface area (Å²) in [6.45, 7) is 2.61. The van der Waals surface area contributed by atoms with Crippen molar-refractivity contribution in [3.8, 4) is 17.3 Å². The summed E-state index contributed by atoms with van der Waals surface area (Å²) in [5.74, 6) is 3.24. The number of fused-ring (bicyclic) bond motifs is 1. The fourth-order valence-electron chi connectivity index (χ4n) is 2.92. The summed E-state index contributed by atoms with van der Waals surface area (Å²) < 4.78 is 13.2. The van der Waals surface area contributed by atoms with Gasteiger partial charge in [0.15, 0.2) is 11.6 Å². The number of nitrogens with zero attached hydrogens (tertiary/aromatic N) is 2. The largest absolute Gasteiger partial charge is 0.497 e.